The van der Waals surface area contributed by atoms with Gasteiger partial charge in [-0.1, -0.05) is 52.9 Å². The zero-order valence-electron chi connectivity index (χ0n) is 10.1. The average Bonchev–Trinajstić information content (AvgIpc) is 2.08. The molecule has 0 radical (unpaired) electrons. The minimum Gasteiger partial charge on any atom is -0.324 e. The van der Waals surface area contributed by atoms with Gasteiger partial charge in [0, 0.05) is 0 Å². The first-order chi connectivity index (χ1) is 6.89. The smallest absolute Gasteiger partial charge is 0.324 e. The van der Waals surface area contributed by atoms with E-state index >= 15 is 0 Å². The lowest BCUT2D eigenvalue weighted by Gasteiger charge is -2.21. The molecule has 0 aromatic carbocycles. The molecule has 0 bridgehead atoms. The Balaban J connectivity index is 3.84. The SMILES string of the molecule is CCCCCCCC(C(C)C)P(=O)(O)O. The van der Waals surface area contributed by atoms with Crippen LogP contribution < -0.4 is 0 Å². The molecule has 0 rings (SSSR count). The van der Waals surface area contributed by atoms with E-state index in [1.165, 1.54) is 19.3 Å². The molecule has 15 heavy (non-hydrogen) atoms. The molecule has 2 N–H and O–H groups in total. The van der Waals surface area contributed by atoms with Crippen LogP contribution in [0.5, 0.6) is 0 Å². The molecule has 0 spiro atoms. The van der Waals surface area contributed by atoms with Crippen LogP contribution in [0.3, 0.4) is 0 Å². The third-order valence-electron chi connectivity index (χ3n) is 2.81. The third kappa shape index (κ3) is 7.10. The molecule has 92 valence electrons. The molecule has 0 saturated carbocycles. The van der Waals surface area contributed by atoms with E-state index in [2.05, 4.69) is 6.92 Å². The monoisotopic (exact) mass is 236 g/mol. The van der Waals surface area contributed by atoms with Crippen LogP contribution in [0, 0.1) is 5.92 Å². The highest BCUT2D eigenvalue weighted by molar-refractivity contribution is 7.52. The van der Waals surface area contributed by atoms with Gasteiger partial charge in [0.1, 0.15) is 0 Å². The van der Waals surface area contributed by atoms with Crippen LogP contribution in [0.2, 0.25) is 0 Å². The maximum atomic E-state index is 11.2. The van der Waals surface area contributed by atoms with Crippen LogP contribution >= 0.6 is 7.60 Å². The summed E-state index contributed by atoms with van der Waals surface area (Å²) in [5, 5.41) is 0. The molecule has 0 amide bonds. The van der Waals surface area contributed by atoms with Gasteiger partial charge in [-0.25, -0.2) is 0 Å². The summed E-state index contributed by atoms with van der Waals surface area (Å²) in [4.78, 5) is 18.3. The second-order valence-corrected chi connectivity index (χ2v) is 6.44. The van der Waals surface area contributed by atoms with Crippen molar-refractivity contribution in [1.82, 2.24) is 0 Å². The van der Waals surface area contributed by atoms with Crippen LogP contribution in [-0.4, -0.2) is 15.4 Å². The number of unbranched alkanes of at least 4 members (excludes halogenated alkanes) is 4. The Morgan fingerprint density at radius 3 is 2.00 bits per heavy atom. The van der Waals surface area contributed by atoms with Crippen molar-refractivity contribution in [3.05, 3.63) is 0 Å². The van der Waals surface area contributed by atoms with Crippen molar-refractivity contribution in [3.63, 3.8) is 0 Å². The van der Waals surface area contributed by atoms with E-state index in [1.807, 2.05) is 13.8 Å². The molecule has 4 heteroatoms. The third-order valence-corrected chi connectivity index (χ3v) is 4.52. The van der Waals surface area contributed by atoms with E-state index < -0.39 is 13.3 Å². The lowest BCUT2D eigenvalue weighted by molar-refractivity contribution is 0.333. The zero-order valence-corrected chi connectivity index (χ0v) is 11.0. The van der Waals surface area contributed by atoms with Gasteiger partial charge in [0.25, 0.3) is 0 Å². The van der Waals surface area contributed by atoms with Gasteiger partial charge in [-0.15, -0.1) is 0 Å². The molecule has 0 aliphatic carbocycles. The van der Waals surface area contributed by atoms with E-state index in [9.17, 15) is 4.57 Å². The molecule has 1 unspecified atom stereocenters. The first-order valence-electron chi connectivity index (χ1n) is 5.94. The van der Waals surface area contributed by atoms with E-state index in [0.717, 1.165) is 12.8 Å². The van der Waals surface area contributed by atoms with E-state index in [0.29, 0.717) is 6.42 Å². The average molecular weight is 236 g/mol. The van der Waals surface area contributed by atoms with Gasteiger partial charge in [-0.2, -0.15) is 0 Å². The lowest BCUT2D eigenvalue weighted by Crippen LogP contribution is -2.15. The molecule has 0 aromatic rings. The highest BCUT2D eigenvalue weighted by Crippen LogP contribution is 2.47. The summed E-state index contributed by atoms with van der Waals surface area (Å²) < 4.78 is 11.2. The quantitative estimate of drug-likeness (QED) is 0.500. The topological polar surface area (TPSA) is 57.5 Å². The Morgan fingerprint density at radius 1 is 1.07 bits per heavy atom. The molecular formula is C11H25O3P. The number of rotatable bonds is 8. The maximum Gasteiger partial charge on any atom is 0.328 e. The Morgan fingerprint density at radius 2 is 1.60 bits per heavy atom. The summed E-state index contributed by atoms with van der Waals surface area (Å²) in [5.41, 5.74) is -0.445. The van der Waals surface area contributed by atoms with E-state index in [4.69, 9.17) is 9.79 Å². The molecular weight excluding hydrogens is 211 g/mol. The van der Waals surface area contributed by atoms with Crippen LogP contribution in [0.1, 0.15) is 59.3 Å². The van der Waals surface area contributed by atoms with Crippen molar-refractivity contribution in [1.29, 1.82) is 0 Å². The zero-order chi connectivity index (χ0) is 11.9. The molecule has 0 heterocycles. The van der Waals surface area contributed by atoms with Gasteiger partial charge in [0.2, 0.25) is 0 Å². The Hall–Kier alpha value is 0.150. The summed E-state index contributed by atoms with van der Waals surface area (Å²) in [6, 6.07) is 0. The molecule has 1 atom stereocenters. The van der Waals surface area contributed by atoms with Gasteiger partial charge in [0.05, 0.1) is 5.66 Å². The Kier molecular flexibility index (Phi) is 7.50. The first kappa shape index (κ1) is 15.2. The Labute approximate surface area is 93.4 Å². The van der Waals surface area contributed by atoms with Crippen LogP contribution in [0.15, 0.2) is 0 Å². The number of hydrogen-bond donors (Lipinski definition) is 2. The van der Waals surface area contributed by atoms with E-state index in [-0.39, 0.29) is 5.92 Å². The lowest BCUT2D eigenvalue weighted by atomic mass is 10.0. The second-order valence-electron chi connectivity index (χ2n) is 4.60. The Bertz CT molecular complexity index is 198. The normalized spacial score (nSPS) is 14.5. The molecule has 0 aliphatic heterocycles. The van der Waals surface area contributed by atoms with E-state index in [1.54, 1.807) is 0 Å². The maximum absolute atomic E-state index is 11.2. The fourth-order valence-corrected chi connectivity index (χ4v) is 3.14. The summed E-state index contributed by atoms with van der Waals surface area (Å²) >= 11 is 0. The van der Waals surface area contributed by atoms with Crippen molar-refractivity contribution in [2.24, 2.45) is 5.92 Å². The standard InChI is InChI=1S/C11H25O3P/c1-4-5-6-7-8-9-11(10(2)3)15(12,13)14/h10-11H,4-9H2,1-3H3,(H2,12,13,14). The van der Waals surface area contributed by atoms with Crippen molar-refractivity contribution in [3.8, 4) is 0 Å². The highest BCUT2D eigenvalue weighted by Gasteiger charge is 2.30. The fraction of sp³-hybridized carbons (Fsp3) is 1.00. The largest absolute Gasteiger partial charge is 0.328 e. The molecule has 0 aliphatic rings. The first-order valence-corrected chi connectivity index (χ1v) is 7.63. The minimum atomic E-state index is -3.89. The summed E-state index contributed by atoms with van der Waals surface area (Å²) in [6.07, 6.45) is 6.30. The molecule has 0 fully saturated rings. The van der Waals surface area contributed by atoms with Gasteiger partial charge < -0.3 is 9.79 Å². The highest BCUT2D eigenvalue weighted by atomic mass is 31.2. The summed E-state index contributed by atoms with van der Waals surface area (Å²) in [7, 11) is -3.89. The van der Waals surface area contributed by atoms with Crippen molar-refractivity contribution < 1.29 is 14.4 Å². The van der Waals surface area contributed by atoms with Crippen molar-refractivity contribution >= 4 is 7.60 Å². The fourth-order valence-electron chi connectivity index (χ4n) is 1.85. The van der Waals surface area contributed by atoms with Crippen LogP contribution in [0.25, 0.3) is 0 Å². The summed E-state index contributed by atoms with van der Waals surface area (Å²) in [6.45, 7) is 5.93. The predicted molar refractivity (Wildman–Crippen MR) is 64.0 cm³/mol. The number of hydrogen-bond acceptors (Lipinski definition) is 1. The van der Waals surface area contributed by atoms with Crippen molar-refractivity contribution in [2.75, 3.05) is 0 Å². The molecule has 3 nitrogen and oxygen atoms in total. The van der Waals surface area contributed by atoms with Crippen LogP contribution in [-0.2, 0) is 4.57 Å². The second kappa shape index (κ2) is 7.43. The minimum absolute atomic E-state index is 0.0667. The van der Waals surface area contributed by atoms with Gasteiger partial charge in [-0.3, -0.25) is 4.57 Å². The van der Waals surface area contributed by atoms with Gasteiger partial charge in [-0.05, 0) is 12.3 Å². The van der Waals surface area contributed by atoms with Crippen molar-refractivity contribution in [2.45, 2.75) is 65.0 Å². The molecule has 0 saturated heterocycles. The predicted octanol–water partition coefficient (Wildman–Crippen LogP) is 3.55. The summed E-state index contributed by atoms with van der Waals surface area (Å²) in [5.74, 6) is 0.0667. The van der Waals surface area contributed by atoms with Gasteiger partial charge >= 0.3 is 7.60 Å². The van der Waals surface area contributed by atoms with Gasteiger partial charge in [0.15, 0.2) is 0 Å². The van der Waals surface area contributed by atoms with Crippen LogP contribution in [0.4, 0.5) is 0 Å². The molecule has 0 aromatic heterocycles.